The highest BCUT2D eigenvalue weighted by atomic mass is 35.5. The monoisotopic (exact) mass is 237 g/mol. The first kappa shape index (κ1) is 11.6. The zero-order valence-electron chi connectivity index (χ0n) is 7.28. The van der Waals surface area contributed by atoms with Crippen molar-refractivity contribution >= 4 is 17.6 Å². The molecule has 0 bridgehead atoms. The Hall–Kier alpha value is -1.43. The summed E-state index contributed by atoms with van der Waals surface area (Å²) < 4.78 is 27.6. The molecule has 0 atom stereocenters. The van der Waals surface area contributed by atoms with Gasteiger partial charge in [0.25, 0.3) is 0 Å². The van der Waals surface area contributed by atoms with Crippen molar-refractivity contribution in [1.82, 2.24) is 4.98 Å². The number of hydrogen-bond donors (Lipinski definition) is 1. The van der Waals surface area contributed by atoms with E-state index in [9.17, 15) is 13.6 Å². The van der Waals surface area contributed by atoms with Gasteiger partial charge in [0, 0.05) is 6.20 Å². The molecule has 82 valence electrons. The minimum absolute atomic E-state index is 0.144. The van der Waals surface area contributed by atoms with E-state index in [0.29, 0.717) is 5.56 Å². The van der Waals surface area contributed by atoms with Gasteiger partial charge >= 0.3 is 12.6 Å². The molecule has 1 heterocycles. The minimum atomic E-state index is -3.01. The van der Waals surface area contributed by atoms with Crippen molar-refractivity contribution in [3.8, 4) is 5.88 Å². The molecule has 0 fully saturated rings. The van der Waals surface area contributed by atoms with Crippen molar-refractivity contribution in [2.45, 2.75) is 13.0 Å². The number of carboxylic acid groups (broad SMARTS) is 1. The summed E-state index contributed by atoms with van der Waals surface area (Å²) in [5.41, 5.74) is 0.314. The maximum atomic E-state index is 11.8. The fourth-order valence-electron chi connectivity index (χ4n) is 0.907. The van der Waals surface area contributed by atoms with Gasteiger partial charge in [-0.05, 0) is 11.6 Å². The number of hydrogen-bond acceptors (Lipinski definition) is 3. The van der Waals surface area contributed by atoms with E-state index in [1.54, 1.807) is 0 Å². The number of ether oxygens (including phenoxy) is 1. The number of rotatable bonds is 4. The third-order valence-electron chi connectivity index (χ3n) is 1.42. The summed E-state index contributed by atoms with van der Waals surface area (Å²) in [4.78, 5) is 13.8. The molecule has 7 heteroatoms. The first-order chi connectivity index (χ1) is 6.99. The average molecular weight is 238 g/mol. The fourth-order valence-corrected chi connectivity index (χ4v) is 1.14. The molecular weight excluding hydrogens is 232 g/mol. The second-order valence-corrected chi connectivity index (χ2v) is 2.99. The molecule has 1 rings (SSSR count). The Morgan fingerprint density at radius 2 is 2.33 bits per heavy atom. The molecule has 1 aromatic rings. The second-order valence-electron chi connectivity index (χ2n) is 2.58. The molecule has 0 amide bonds. The minimum Gasteiger partial charge on any atom is -0.481 e. The SMILES string of the molecule is O=C(O)Cc1cnc(OC(F)F)c(Cl)c1. The third-order valence-corrected chi connectivity index (χ3v) is 1.69. The van der Waals surface area contributed by atoms with E-state index in [2.05, 4.69) is 9.72 Å². The highest BCUT2D eigenvalue weighted by Gasteiger charge is 2.11. The van der Waals surface area contributed by atoms with Crippen LogP contribution >= 0.6 is 11.6 Å². The van der Waals surface area contributed by atoms with E-state index in [1.807, 2.05) is 0 Å². The van der Waals surface area contributed by atoms with Crippen LogP contribution in [0.5, 0.6) is 5.88 Å². The van der Waals surface area contributed by atoms with Gasteiger partial charge in [-0.1, -0.05) is 11.6 Å². The van der Waals surface area contributed by atoms with E-state index in [1.165, 1.54) is 6.07 Å². The lowest BCUT2D eigenvalue weighted by Crippen LogP contribution is -2.05. The molecule has 0 aliphatic rings. The van der Waals surface area contributed by atoms with Crippen LogP contribution in [-0.2, 0) is 11.2 Å². The van der Waals surface area contributed by atoms with Crippen molar-refractivity contribution in [1.29, 1.82) is 0 Å². The highest BCUT2D eigenvalue weighted by Crippen LogP contribution is 2.23. The van der Waals surface area contributed by atoms with Crippen LogP contribution in [0.25, 0.3) is 0 Å². The number of aromatic nitrogens is 1. The Morgan fingerprint density at radius 1 is 1.67 bits per heavy atom. The first-order valence-electron chi connectivity index (χ1n) is 3.80. The van der Waals surface area contributed by atoms with E-state index in [4.69, 9.17) is 16.7 Å². The fraction of sp³-hybridized carbons (Fsp3) is 0.250. The van der Waals surface area contributed by atoms with Crippen LogP contribution in [0.2, 0.25) is 5.02 Å². The van der Waals surface area contributed by atoms with Gasteiger partial charge in [-0.2, -0.15) is 8.78 Å². The van der Waals surface area contributed by atoms with Gasteiger partial charge in [0.05, 0.1) is 6.42 Å². The molecule has 15 heavy (non-hydrogen) atoms. The Bertz CT molecular complexity index is 373. The van der Waals surface area contributed by atoms with Crippen LogP contribution in [0.4, 0.5) is 8.78 Å². The molecule has 4 nitrogen and oxygen atoms in total. The maximum Gasteiger partial charge on any atom is 0.388 e. The molecule has 1 N–H and O–H groups in total. The number of aliphatic carboxylic acids is 1. The number of nitrogens with zero attached hydrogens (tertiary/aromatic N) is 1. The first-order valence-corrected chi connectivity index (χ1v) is 4.18. The standard InChI is InChI=1S/C8H6ClF2NO3/c9-5-1-4(2-6(13)14)3-12-7(5)15-8(10)11/h1,3,8H,2H2,(H,13,14). The molecule has 0 aliphatic heterocycles. The molecule has 0 saturated carbocycles. The molecule has 0 spiro atoms. The molecule has 1 aromatic heterocycles. The van der Waals surface area contributed by atoms with Crippen LogP contribution < -0.4 is 4.74 Å². The lowest BCUT2D eigenvalue weighted by atomic mass is 10.2. The Kier molecular flexibility index (Phi) is 3.79. The number of pyridine rings is 1. The largest absolute Gasteiger partial charge is 0.481 e. The van der Waals surface area contributed by atoms with Gasteiger partial charge in [-0.15, -0.1) is 0 Å². The molecule has 0 unspecified atom stereocenters. The van der Waals surface area contributed by atoms with Gasteiger partial charge in [0.1, 0.15) is 5.02 Å². The molecule has 0 saturated heterocycles. The Morgan fingerprint density at radius 3 is 2.80 bits per heavy atom. The van der Waals surface area contributed by atoms with Crippen molar-refractivity contribution in [3.63, 3.8) is 0 Å². The van der Waals surface area contributed by atoms with Crippen LogP contribution in [-0.4, -0.2) is 22.7 Å². The van der Waals surface area contributed by atoms with Gasteiger partial charge < -0.3 is 9.84 Å². The van der Waals surface area contributed by atoms with E-state index >= 15 is 0 Å². The summed E-state index contributed by atoms with van der Waals surface area (Å²) in [6.07, 6.45) is 0.847. The van der Waals surface area contributed by atoms with E-state index in [0.717, 1.165) is 6.20 Å². The van der Waals surface area contributed by atoms with Crippen molar-refractivity contribution < 1.29 is 23.4 Å². The van der Waals surface area contributed by atoms with Crippen molar-refractivity contribution in [2.75, 3.05) is 0 Å². The predicted octanol–water partition coefficient (Wildman–Crippen LogP) is 1.96. The summed E-state index contributed by atoms with van der Waals surface area (Å²) in [7, 11) is 0. The summed E-state index contributed by atoms with van der Waals surface area (Å²) in [6.45, 7) is -3.01. The molecule has 0 radical (unpaired) electrons. The van der Waals surface area contributed by atoms with Crippen LogP contribution in [0, 0.1) is 0 Å². The van der Waals surface area contributed by atoms with E-state index < -0.39 is 18.5 Å². The number of carbonyl (C=O) groups is 1. The van der Waals surface area contributed by atoms with Crippen LogP contribution in [0.15, 0.2) is 12.3 Å². The van der Waals surface area contributed by atoms with E-state index in [-0.39, 0.29) is 11.4 Å². The lowest BCUT2D eigenvalue weighted by molar-refractivity contribution is -0.136. The normalized spacial score (nSPS) is 10.4. The molecule has 0 aromatic carbocycles. The van der Waals surface area contributed by atoms with Crippen LogP contribution in [0.1, 0.15) is 5.56 Å². The van der Waals surface area contributed by atoms with Gasteiger partial charge in [-0.3, -0.25) is 4.79 Å². The smallest absolute Gasteiger partial charge is 0.388 e. The third kappa shape index (κ3) is 3.67. The van der Waals surface area contributed by atoms with Gasteiger partial charge in [0.2, 0.25) is 5.88 Å². The summed E-state index contributed by atoms with van der Waals surface area (Å²) in [5, 5.41) is 8.31. The number of halogens is 3. The lowest BCUT2D eigenvalue weighted by Gasteiger charge is -2.05. The van der Waals surface area contributed by atoms with Gasteiger partial charge in [-0.25, -0.2) is 4.98 Å². The maximum absolute atomic E-state index is 11.8. The van der Waals surface area contributed by atoms with Crippen molar-refractivity contribution in [2.24, 2.45) is 0 Å². The van der Waals surface area contributed by atoms with Crippen molar-refractivity contribution in [3.05, 3.63) is 22.8 Å². The second kappa shape index (κ2) is 4.88. The average Bonchev–Trinajstić information content (AvgIpc) is 2.08. The Balaban J connectivity index is 2.83. The number of carboxylic acids is 1. The summed E-state index contributed by atoms with van der Waals surface area (Å²) in [6, 6.07) is 1.22. The zero-order chi connectivity index (χ0) is 11.4. The highest BCUT2D eigenvalue weighted by molar-refractivity contribution is 6.31. The summed E-state index contributed by atoms with van der Waals surface area (Å²) >= 11 is 5.54. The topological polar surface area (TPSA) is 59.4 Å². The van der Waals surface area contributed by atoms with Crippen LogP contribution in [0.3, 0.4) is 0 Å². The summed E-state index contributed by atoms with van der Waals surface area (Å²) in [5.74, 6) is -1.48. The number of alkyl halides is 2. The molecular formula is C8H6ClF2NO3. The Labute approximate surface area is 88.4 Å². The molecule has 0 aliphatic carbocycles. The zero-order valence-corrected chi connectivity index (χ0v) is 8.04. The quantitative estimate of drug-likeness (QED) is 0.870. The predicted molar refractivity (Wildman–Crippen MR) is 47.2 cm³/mol. The van der Waals surface area contributed by atoms with Gasteiger partial charge in [0.15, 0.2) is 0 Å².